The lowest BCUT2D eigenvalue weighted by Crippen LogP contribution is -2.50. The molecule has 0 aliphatic heterocycles. The molecule has 0 fully saturated rings. The molecule has 0 unspecified atom stereocenters. The molecule has 0 saturated carbocycles. The predicted molar refractivity (Wildman–Crippen MR) is 60.9 cm³/mol. The van der Waals surface area contributed by atoms with Crippen molar-refractivity contribution in [2.24, 2.45) is 0 Å². The molecule has 0 bridgehead atoms. The fraction of sp³-hybridized carbons (Fsp3) is 1.00. The summed E-state index contributed by atoms with van der Waals surface area (Å²) in [5, 5.41) is 0. The van der Waals surface area contributed by atoms with E-state index < -0.39 is 15.5 Å². The fourth-order valence-electron chi connectivity index (χ4n) is 2.57. The normalized spacial score (nSPS) is 10.9. The Balaban J connectivity index is 0. The zero-order valence-electron chi connectivity index (χ0n) is 11.3. The Morgan fingerprint density at radius 3 is 1.00 bits per heavy atom. The van der Waals surface area contributed by atoms with Gasteiger partial charge in [-0.1, -0.05) is 27.7 Å². The van der Waals surface area contributed by atoms with Gasteiger partial charge in [0.05, 0.1) is 26.2 Å². The minimum absolute atomic E-state index is 1.33. The van der Waals surface area contributed by atoms with Gasteiger partial charge in [0.1, 0.15) is 0 Å². The Morgan fingerprint density at radius 2 is 0.875 bits per heavy atom. The summed E-state index contributed by atoms with van der Waals surface area (Å²) < 4.78 is 18.2. The minimum atomic E-state index is -1.44. The van der Waals surface area contributed by atoms with Gasteiger partial charge in [0.2, 0.25) is 0 Å². The molecule has 0 saturated heterocycles. The molecule has 0 rings (SSSR count). The van der Waals surface area contributed by atoms with Gasteiger partial charge in [-0.25, -0.2) is 0 Å². The molecule has 0 aromatic carbocycles. The van der Waals surface area contributed by atoms with Crippen molar-refractivity contribution in [2.45, 2.75) is 53.4 Å². The van der Waals surface area contributed by atoms with Crippen LogP contribution in [0.2, 0.25) is 0 Å². The van der Waals surface area contributed by atoms with Crippen LogP contribution < -0.4 is 8.40 Å². The van der Waals surface area contributed by atoms with Crippen LogP contribution in [-0.2, 0) is 0 Å². The van der Waals surface area contributed by atoms with E-state index in [0.717, 1.165) is 0 Å². The van der Waals surface area contributed by atoms with Crippen molar-refractivity contribution in [3.05, 3.63) is 0 Å². The van der Waals surface area contributed by atoms with E-state index in [2.05, 4.69) is 27.7 Å². The Morgan fingerprint density at radius 1 is 0.688 bits per heavy atom. The third-order valence-electron chi connectivity index (χ3n) is 2.79. The lowest BCUT2D eigenvalue weighted by atomic mass is 10.2. The van der Waals surface area contributed by atoms with Gasteiger partial charge in [-0.15, -0.1) is 0 Å². The highest BCUT2D eigenvalue weighted by atomic mass is 79.9. The minimum Gasteiger partial charge on any atom is -0.585 e. The van der Waals surface area contributed by atoms with E-state index in [0.29, 0.717) is 0 Å². The fourth-order valence-corrected chi connectivity index (χ4v) is 2.57. The number of hydrogen-bond acceptors (Lipinski definition) is 2. The largest absolute Gasteiger partial charge is 0.585 e. The lowest BCUT2D eigenvalue weighted by molar-refractivity contribution is -1.41. The van der Waals surface area contributed by atoms with Crippen LogP contribution in [0.25, 0.3) is 0 Å². The van der Waals surface area contributed by atoms with Gasteiger partial charge in [-0.2, -0.15) is 0 Å². The second-order valence-electron chi connectivity index (χ2n) is 4.30. The zero-order valence-corrected chi connectivity index (χ0v) is 12.9. The molecule has 0 spiro atoms. The van der Waals surface area contributed by atoms with Crippen LogP contribution in [0.4, 0.5) is 0 Å². The molecule has 0 N–H and O–H groups in total. The lowest BCUT2D eigenvalue weighted by Gasteiger charge is -2.38. The molecule has 0 aliphatic rings. The number of quaternary nitrogens is 1. The Labute approximate surface area is 108 Å². The van der Waals surface area contributed by atoms with E-state index >= 15 is 0 Å². The Bertz CT molecular complexity index is 105. The van der Waals surface area contributed by atoms with Gasteiger partial charge in [0.25, 0.3) is 0 Å². The van der Waals surface area contributed by atoms with Crippen molar-refractivity contribution < 1.29 is 28.4 Å². The summed E-state index contributed by atoms with van der Waals surface area (Å²) in [5.74, 6) is 0. The number of hydrogen-bond donors (Lipinski definition) is 0. The van der Waals surface area contributed by atoms with Crippen molar-refractivity contribution in [1.29, 1.82) is 0 Å². The number of halogens is 1. The van der Waals surface area contributed by atoms with E-state index in [9.17, 15) is 0 Å². The van der Waals surface area contributed by atoms with Crippen LogP contribution in [0.5, 0.6) is 0 Å². The average molecular weight is 298 g/mol. The molecule has 100 valence electrons. The number of nitrogens with zero attached hydrogens (tertiary/aromatic N) is 1. The van der Waals surface area contributed by atoms with Gasteiger partial charge in [0, 0.05) is 0 Å². The standard InChI is InChI=1S/C12H28N.BrO2/c1-5-9-13(10-6-2,11-7-3)12-8-4;2-1-3/h5-12H2,1-4H3;/q+1;-1. The highest BCUT2D eigenvalue weighted by molar-refractivity contribution is 4.43. The quantitative estimate of drug-likeness (QED) is 0.629. The van der Waals surface area contributed by atoms with Crippen LogP contribution in [0.3, 0.4) is 0 Å². The van der Waals surface area contributed by atoms with Crippen LogP contribution in [0, 0.1) is 15.5 Å². The van der Waals surface area contributed by atoms with Crippen molar-refractivity contribution in [3.63, 3.8) is 0 Å². The molecule has 0 aromatic rings. The van der Waals surface area contributed by atoms with Gasteiger partial charge in [0.15, 0.2) is 15.5 Å². The molecule has 0 atom stereocenters. The SMILES string of the molecule is CCC[N+](CCC)(CCC)CCC.[O-][Br+][O-]. The van der Waals surface area contributed by atoms with Crippen molar-refractivity contribution in [1.82, 2.24) is 0 Å². The topological polar surface area (TPSA) is 46.1 Å². The summed E-state index contributed by atoms with van der Waals surface area (Å²) >= 11 is -1.44. The summed E-state index contributed by atoms with van der Waals surface area (Å²) in [5.41, 5.74) is 0. The predicted octanol–water partition coefficient (Wildman–Crippen LogP) is 1.07. The Kier molecular flexibility index (Phi) is 15.7. The summed E-state index contributed by atoms with van der Waals surface area (Å²) in [6.07, 6.45) is 5.33. The van der Waals surface area contributed by atoms with Gasteiger partial charge >= 0.3 is 0 Å². The second-order valence-corrected chi connectivity index (χ2v) is 4.56. The van der Waals surface area contributed by atoms with Crippen molar-refractivity contribution >= 4 is 0 Å². The van der Waals surface area contributed by atoms with Crippen LogP contribution >= 0.6 is 0 Å². The molecule has 0 radical (unpaired) electrons. The van der Waals surface area contributed by atoms with E-state index in [1.54, 1.807) is 0 Å². The summed E-state index contributed by atoms with van der Waals surface area (Å²) in [7, 11) is 0. The monoisotopic (exact) mass is 297 g/mol. The average Bonchev–Trinajstić information content (AvgIpc) is 2.20. The molecular weight excluding hydrogens is 270 g/mol. The van der Waals surface area contributed by atoms with Gasteiger partial charge in [-0.3, -0.25) is 0 Å². The Hall–Kier alpha value is 0.360. The number of rotatable bonds is 8. The molecule has 16 heavy (non-hydrogen) atoms. The maximum absolute atomic E-state index is 8.41. The summed E-state index contributed by atoms with van der Waals surface area (Å²) in [4.78, 5) is 0. The maximum atomic E-state index is 8.41. The molecule has 3 nitrogen and oxygen atoms in total. The van der Waals surface area contributed by atoms with Crippen molar-refractivity contribution in [3.8, 4) is 0 Å². The molecule has 0 heterocycles. The highest BCUT2D eigenvalue weighted by Gasteiger charge is 2.22. The molecule has 0 amide bonds. The maximum Gasteiger partial charge on any atom is 0.170 e. The zero-order chi connectivity index (χ0) is 12.9. The third kappa shape index (κ3) is 9.58. The van der Waals surface area contributed by atoms with Crippen LogP contribution in [-0.4, -0.2) is 30.7 Å². The second kappa shape index (κ2) is 13.4. The van der Waals surface area contributed by atoms with Crippen LogP contribution in [0.1, 0.15) is 53.4 Å². The van der Waals surface area contributed by atoms with E-state index in [4.69, 9.17) is 8.40 Å². The van der Waals surface area contributed by atoms with Crippen molar-refractivity contribution in [2.75, 3.05) is 26.2 Å². The highest BCUT2D eigenvalue weighted by Crippen LogP contribution is 2.12. The molecule has 0 aliphatic carbocycles. The third-order valence-corrected chi connectivity index (χ3v) is 2.79. The summed E-state index contributed by atoms with van der Waals surface area (Å²) in [6.45, 7) is 14.8. The van der Waals surface area contributed by atoms with Gasteiger partial charge in [-0.05, 0) is 25.7 Å². The van der Waals surface area contributed by atoms with Gasteiger partial charge < -0.3 is 12.9 Å². The molecule has 4 heteroatoms. The van der Waals surface area contributed by atoms with E-state index in [1.165, 1.54) is 56.3 Å². The smallest absolute Gasteiger partial charge is 0.170 e. The summed E-state index contributed by atoms with van der Waals surface area (Å²) in [6, 6.07) is 0. The first kappa shape index (κ1) is 18.7. The van der Waals surface area contributed by atoms with E-state index in [1.807, 2.05) is 0 Å². The first-order valence-electron chi connectivity index (χ1n) is 6.40. The van der Waals surface area contributed by atoms with Crippen LogP contribution in [0.15, 0.2) is 0 Å². The first-order chi connectivity index (χ1) is 7.66. The van der Waals surface area contributed by atoms with E-state index in [-0.39, 0.29) is 0 Å². The first-order valence-corrected chi connectivity index (χ1v) is 7.70. The molecular formula is C12H28BrNO2. The molecule has 0 aromatic heterocycles.